The number of aliphatic hydroxyl groups is 1. The third-order valence-electron chi connectivity index (χ3n) is 4.04. The van der Waals surface area contributed by atoms with E-state index in [-0.39, 0.29) is 11.7 Å². The van der Waals surface area contributed by atoms with E-state index in [0.717, 1.165) is 19.4 Å². The van der Waals surface area contributed by atoms with Crippen molar-refractivity contribution in [3.05, 3.63) is 36.2 Å². The van der Waals surface area contributed by atoms with Crippen LogP contribution in [0, 0.1) is 0 Å². The molecule has 0 saturated carbocycles. The van der Waals surface area contributed by atoms with Crippen LogP contribution in [-0.4, -0.2) is 52.5 Å². The molecule has 126 valence electrons. The first-order valence-corrected chi connectivity index (χ1v) is 7.74. The van der Waals surface area contributed by atoms with E-state index in [2.05, 4.69) is 9.97 Å². The highest BCUT2D eigenvalue weighted by atomic mass is 16.5. The molecule has 7 nitrogen and oxygen atoms in total. The standard InChI is InChI=1S/C17H19N3O4/c1-24-15-6-11(5-12(7-15)16(22)23)13-8-18-17(19-9-13)20-4-2-3-14(21)10-20/h5-9,14,21H,2-4,10H2,1H3,(H,22,23). The molecular weight excluding hydrogens is 310 g/mol. The molecule has 2 N–H and O–H groups in total. The van der Waals surface area contributed by atoms with Crippen LogP contribution < -0.4 is 9.64 Å². The van der Waals surface area contributed by atoms with Gasteiger partial charge in [-0.25, -0.2) is 14.8 Å². The number of rotatable bonds is 4. The molecule has 1 saturated heterocycles. The minimum absolute atomic E-state index is 0.146. The molecule has 1 fully saturated rings. The van der Waals surface area contributed by atoms with E-state index >= 15 is 0 Å². The number of benzene rings is 1. The van der Waals surface area contributed by atoms with E-state index in [1.165, 1.54) is 13.2 Å². The number of β-amino-alcohol motifs (C(OH)–C–C–N with tert-alkyl or cyclic N) is 1. The number of ether oxygens (including phenoxy) is 1. The zero-order chi connectivity index (χ0) is 17.1. The zero-order valence-corrected chi connectivity index (χ0v) is 13.3. The molecular formula is C17H19N3O4. The summed E-state index contributed by atoms with van der Waals surface area (Å²) in [6.45, 7) is 1.35. The molecule has 3 rings (SSSR count). The van der Waals surface area contributed by atoms with Gasteiger partial charge < -0.3 is 19.8 Å². The molecule has 0 radical (unpaired) electrons. The fraction of sp³-hybridized carbons (Fsp3) is 0.353. The van der Waals surface area contributed by atoms with Gasteiger partial charge in [-0.15, -0.1) is 0 Å². The quantitative estimate of drug-likeness (QED) is 0.883. The molecule has 24 heavy (non-hydrogen) atoms. The lowest BCUT2D eigenvalue weighted by Crippen LogP contribution is -2.39. The summed E-state index contributed by atoms with van der Waals surface area (Å²) in [6, 6.07) is 4.78. The Morgan fingerprint density at radius 2 is 2.00 bits per heavy atom. The van der Waals surface area contributed by atoms with E-state index in [4.69, 9.17) is 4.74 Å². The molecule has 0 aliphatic carbocycles. The Bertz CT molecular complexity index is 733. The van der Waals surface area contributed by atoms with E-state index in [0.29, 0.717) is 29.4 Å². The molecule has 0 amide bonds. The summed E-state index contributed by atoms with van der Waals surface area (Å²) in [7, 11) is 1.49. The maximum absolute atomic E-state index is 11.2. The Hall–Kier alpha value is -2.67. The maximum atomic E-state index is 11.2. The summed E-state index contributed by atoms with van der Waals surface area (Å²) in [6.07, 6.45) is 4.67. The number of anilines is 1. The number of aromatic nitrogens is 2. The molecule has 1 aliphatic heterocycles. The summed E-state index contributed by atoms with van der Waals surface area (Å²) in [5.41, 5.74) is 1.53. The average Bonchev–Trinajstić information content (AvgIpc) is 2.61. The molecule has 1 aromatic carbocycles. The Labute approximate surface area is 139 Å². The summed E-state index contributed by atoms with van der Waals surface area (Å²) >= 11 is 0. The Balaban J connectivity index is 1.87. The molecule has 1 aromatic heterocycles. The van der Waals surface area contributed by atoms with E-state index in [1.54, 1.807) is 24.5 Å². The number of aliphatic hydroxyl groups excluding tert-OH is 1. The number of hydrogen-bond donors (Lipinski definition) is 2. The van der Waals surface area contributed by atoms with Crippen LogP contribution in [-0.2, 0) is 0 Å². The van der Waals surface area contributed by atoms with Crippen molar-refractivity contribution in [3.63, 3.8) is 0 Å². The third kappa shape index (κ3) is 3.46. The van der Waals surface area contributed by atoms with Crippen LogP contribution in [0.25, 0.3) is 11.1 Å². The maximum Gasteiger partial charge on any atom is 0.335 e. The lowest BCUT2D eigenvalue weighted by atomic mass is 10.1. The normalized spacial score (nSPS) is 17.6. The molecule has 0 bridgehead atoms. The number of nitrogens with zero attached hydrogens (tertiary/aromatic N) is 3. The van der Waals surface area contributed by atoms with Gasteiger partial charge >= 0.3 is 5.97 Å². The van der Waals surface area contributed by atoms with Crippen molar-refractivity contribution in [1.82, 2.24) is 9.97 Å². The van der Waals surface area contributed by atoms with Gasteiger partial charge in [0.05, 0.1) is 18.8 Å². The second-order valence-electron chi connectivity index (χ2n) is 5.77. The fourth-order valence-electron chi connectivity index (χ4n) is 2.78. The van der Waals surface area contributed by atoms with Crippen LogP contribution in [0.15, 0.2) is 30.6 Å². The van der Waals surface area contributed by atoms with Gasteiger partial charge in [0.25, 0.3) is 0 Å². The van der Waals surface area contributed by atoms with E-state index in [1.807, 2.05) is 4.90 Å². The topological polar surface area (TPSA) is 95.8 Å². The Morgan fingerprint density at radius 3 is 2.62 bits per heavy atom. The van der Waals surface area contributed by atoms with Crippen LogP contribution in [0.3, 0.4) is 0 Å². The number of hydrogen-bond acceptors (Lipinski definition) is 6. The molecule has 1 aliphatic rings. The predicted octanol–water partition coefficient (Wildman–Crippen LogP) is 1.81. The van der Waals surface area contributed by atoms with Gasteiger partial charge in [0.1, 0.15) is 5.75 Å². The van der Waals surface area contributed by atoms with Crippen LogP contribution in [0.5, 0.6) is 5.75 Å². The van der Waals surface area contributed by atoms with Crippen LogP contribution in [0.4, 0.5) is 5.95 Å². The molecule has 0 spiro atoms. The summed E-state index contributed by atoms with van der Waals surface area (Å²) in [4.78, 5) is 21.9. The van der Waals surface area contributed by atoms with Crippen molar-refractivity contribution in [2.75, 3.05) is 25.1 Å². The van der Waals surface area contributed by atoms with Crippen LogP contribution in [0.1, 0.15) is 23.2 Å². The van der Waals surface area contributed by atoms with Gasteiger partial charge in [-0.2, -0.15) is 0 Å². The summed E-state index contributed by atoms with van der Waals surface area (Å²) < 4.78 is 5.16. The minimum atomic E-state index is -1.02. The number of aromatic carboxylic acids is 1. The van der Waals surface area contributed by atoms with Gasteiger partial charge in [-0.3, -0.25) is 0 Å². The highest BCUT2D eigenvalue weighted by Gasteiger charge is 2.19. The molecule has 1 atom stereocenters. The monoisotopic (exact) mass is 329 g/mol. The highest BCUT2D eigenvalue weighted by Crippen LogP contribution is 2.26. The van der Waals surface area contributed by atoms with Crippen molar-refractivity contribution in [2.24, 2.45) is 0 Å². The Kier molecular flexibility index (Phi) is 4.61. The summed E-state index contributed by atoms with van der Waals surface area (Å²) in [5.74, 6) is 0.0157. The SMILES string of the molecule is COc1cc(C(=O)O)cc(-c2cnc(N3CCCC(O)C3)nc2)c1. The number of methoxy groups -OCH3 is 1. The largest absolute Gasteiger partial charge is 0.497 e. The number of carboxylic acid groups (broad SMARTS) is 1. The molecule has 2 aromatic rings. The first kappa shape index (κ1) is 16.2. The van der Waals surface area contributed by atoms with Crippen LogP contribution >= 0.6 is 0 Å². The van der Waals surface area contributed by atoms with Gasteiger partial charge in [-0.05, 0) is 36.6 Å². The zero-order valence-electron chi connectivity index (χ0n) is 13.3. The fourth-order valence-corrected chi connectivity index (χ4v) is 2.78. The molecule has 7 heteroatoms. The van der Waals surface area contributed by atoms with E-state index < -0.39 is 5.97 Å². The number of carbonyl (C=O) groups is 1. The van der Waals surface area contributed by atoms with Gasteiger partial charge in [0.2, 0.25) is 5.95 Å². The van der Waals surface area contributed by atoms with Crippen molar-refractivity contribution in [1.29, 1.82) is 0 Å². The Morgan fingerprint density at radius 1 is 1.25 bits per heavy atom. The van der Waals surface area contributed by atoms with Gasteiger partial charge in [0, 0.05) is 31.0 Å². The first-order valence-electron chi connectivity index (χ1n) is 7.74. The van der Waals surface area contributed by atoms with E-state index in [9.17, 15) is 15.0 Å². The number of carboxylic acids is 1. The van der Waals surface area contributed by atoms with Gasteiger partial charge in [-0.1, -0.05) is 0 Å². The molecule has 2 heterocycles. The van der Waals surface area contributed by atoms with Crippen LogP contribution in [0.2, 0.25) is 0 Å². The van der Waals surface area contributed by atoms with Crippen molar-refractivity contribution in [3.8, 4) is 16.9 Å². The van der Waals surface area contributed by atoms with Gasteiger partial charge in [0.15, 0.2) is 0 Å². The second kappa shape index (κ2) is 6.84. The smallest absolute Gasteiger partial charge is 0.335 e. The first-order chi connectivity index (χ1) is 11.6. The third-order valence-corrected chi connectivity index (χ3v) is 4.04. The second-order valence-corrected chi connectivity index (χ2v) is 5.77. The van der Waals surface area contributed by atoms with Crippen molar-refractivity contribution < 1.29 is 19.7 Å². The minimum Gasteiger partial charge on any atom is -0.497 e. The highest BCUT2D eigenvalue weighted by molar-refractivity contribution is 5.90. The number of piperidine rings is 1. The summed E-state index contributed by atoms with van der Waals surface area (Å²) in [5, 5.41) is 18.9. The lowest BCUT2D eigenvalue weighted by Gasteiger charge is -2.29. The molecule has 1 unspecified atom stereocenters. The van der Waals surface area contributed by atoms with Crippen molar-refractivity contribution in [2.45, 2.75) is 18.9 Å². The average molecular weight is 329 g/mol. The lowest BCUT2D eigenvalue weighted by molar-refractivity contribution is 0.0696. The predicted molar refractivity (Wildman–Crippen MR) is 88.4 cm³/mol. The van der Waals surface area contributed by atoms with Crippen molar-refractivity contribution >= 4 is 11.9 Å².